The number of carbonyl (C=O) groups excluding carboxylic acids is 2. The van der Waals surface area contributed by atoms with Gasteiger partial charge in [0.15, 0.2) is 0 Å². The smallest absolute Gasteiger partial charge is 0.333 e. The molecule has 0 bridgehead atoms. The SMILES string of the molecule is C=CN1CCC(/C=C(\C)C(=O)OC)C1=O. The Labute approximate surface area is 89.2 Å². The summed E-state index contributed by atoms with van der Waals surface area (Å²) in [5.41, 5.74) is 0.474. The number of likely N-dealkylation sites (tertiary alicyclic amines) is 1. The van der Waals surface area contributed by atoms with E-state index >= 15 is 0 Å². The van der Waals surface area contributed by atoms with E-state index in [1.807, 2.05) is 0 Å². The van der Waals surface area contributed by atoms with Crippen molar-refractivity contribution in [1.29, 1.82) is 0 Å². The molecule has 0 aromatic heterocycles. The number of amides is 1. The van der Waals surface area contributed by atoms with Crippen LogP contribution in [0.2, 0.25) is 0 Å². The highest BCUT2D eigenvalue weighted by atomic mass is 16.5. The monoisotopic (exact) mass is 209 g/mol. The van der Waals surface area contributed by atoms with E-state index in [-0.39, 0.29) is 17.8 Å². The molecule has 1 saturated heterocycles. The topological polar surface area (TPSA) is 46.6 Å². The van der Waals surface area contributed by atoms with Gasteiger partial charge in [0, 0.05) is 12.1 Å². The van der Waals surface area contributed by atoms with Crippen molar-refractivity contribution in [2.45, 2.75) is 13.3 Å². The van der Waals surface area contributed by atoms with Crippen LogP contribution in [0.4, 0.5) is 0 Å². The Bertz CT molecular complexity index is 320. The average molecular weight is 209 g/mol. The molecule has 1 rings (SSSR count). The van der Waals surface area contributed by atoms with Gasteiger partial charge in [-0.05, 0) is 19.5 Å². The first-order chi connectivity index (χ1) is 7.10. The second kappa shape index (κ2) is 4.77. The molecule has 1 unspecified atom stereocenters. The molecule has 1 fully saturated rings. The lowest BCUT2D eigenvalue weighted by Crippen LogP contribution is -2.21. The molecule has 0 aromatic carbocycles. The van der Waals surface area contributed by atoms with Gasteiger partial charge >= 0.3 is 5.97 Å². The van der Waals surface area contributed by atoms with Crippen LogP contribution in [-0.4, -0.2) is 30.4 Å². The van der Waals surface area contributed by atoms with Gasteiger partial charge in [-0.25, -0.2) is 4.79 Å². The van der Waals surface area contributed by atoms with E-state index in [1.54, 1.807) is 17.9 Å². The predicted molar refractivity (Wildman–Crippen MR) is 55.8 cm³/mol. The maximum Gasteiger partial charge on any atom is 0.333 e. The Hall–Kier alpha value is -1.58. The van der Waals surface area contributed by atoms with Crippen LogP contribution >= 0.6 is 0 Å². The van der Waals surface area contributed by atoms with Crippen LogP contribution in [-0.2, 0) is 14.3 Å². The van der Waals surface area contributed by atoms with Crippen molar-refractivity contribution in [3.05, 3.63) is 24.4 Å². The molecule has 1 amide bonds. The Balaban J connectivity index is 2.72. The minimum atomic E-state index is -0.389. The van der Waals surface area contributed by atoms with Gasteiger partial charge in [-0.15, -0.1) is 0 Å². The highest BCUT2D eigenvalue weighted by Gasteiger charge is 2.28. The van der Waals surface area contributed by atoms with Gasteiger partial charge in [0.2, 0.25) is 5.91 Å². The van der Waals surface area contributed by atoms with Gasteiger partial charge in [-0.2, -0.15) is 0 Å². The second-order valence-corrected chi connectivity index (χ2v) is 3.45. The zero-order chi connectivity index (χ0) is 11.4. The molecule has 0 spiro atoms. The Morgan fingerprint density at radius 3 is 2.80 bits per heavy atom. The van der Waals surface area contributed by atoms with Crippen LogP contribution in [0.15, 0.2) is 24.4 Å². The van der Waals surface area contributed by atoms with Gasteiger partial charge in [0.25, 0.3) is 0 Å². The van der Waals surface area contributed by atoms with Gasteiger partial charge < -0.3 is 9.64 Å². The summed E-state index contributed by atoms with van der Waals surface area (Å²) in [6.07, 6.45) is 3.90. The van der Waals surface area contributed by atoms with E-state index in [4.69, 9.17) is 0 Å². The molecule has 1 aliphatic rings. The van der Waals surface area contributed by atoms with Crippen LogP contribution in [0.3, 0.4) is 0 Å². The summed E-state index contributed by atoms with van der Waals surface area (Å²) in [5.74, 6) is -0.616. The summed E-state index contributed by atoms with van der Waals surface area (Å²) in [4.78, 5) is 24.3. The summed E-state index contributed by atoms with van der Waals surface area (Å²) >= 11 is 0. The van der Waals surface area contributed by atoms with Gasteiger partial charge in [-0.1, -0.05) is 12.7 Å². The van der Waals surface area contributed by atoms with Crippen LogP contribution < -0.4 is 0 Å². The Morgan fingerprint density at radius 1 is 1.67 bits per heavy atom. The van der Waals surface area contributed by atoms with E-state index in [2.05, 4.69) is 11.3 Å². The average Bonchev–Trinajstić information content (AvgIpc) is 2.58. The minimum absolute atomic E-state index is 0.00625. The summed E-state index contributed by atoms with van der Waals surface area (Å²) in [6, 6.07) is 0. The van der Waals surface area contributed by atoms with E-state index in [0.29, 0.717) is 12.1 Å². The third kappa shape index (κ3) is 2.46. The van der Waals surface area contributed by atoms with Crippen LogP contribution in [0.5, 0.6) is 0 Å². The summed E-state index contributed by atoms with van der Waals surface area (Å²) in [5, 5.41) is 0. The lowest BCUT2D eigenvalue weighted by atomic mass is 10.1. The molecular formula is C11H15NO3. The largest absolute Gasteiger partial charge is 0.466 e. The van der Waals surface area contributed by atoms with E-state index in [0.717, 1.165) is 6.42 Å². The van der Waals surface area contributed by atoms with Crippen molar-refractivity contribution in [2.75, 3.05) is 13.7 Å². The van der Waals surface area contributed by atoms with Gasteiger partial charge in [0.1, 0.15) is 0 Å². The van der Waals surface area contributed by atoms with Crippen molar-refractivity contribution < 1.29 is 14.3 Å². The molecule has 15 heavy (non-hydrogen) atoms. The van der Waals surface area contributed by atoms with Crippen molar-refractivity contribution in [1.82, 2.24) is 4.90 Å². The molecular weight excluding hydrogens is 194 g/mol. The summed E-state index contributed by atoms with van der Waals surface area (Å²) in [7, 11) is 1.33. The maximum absolute atomic E-state index is 11.6. The molecule has 0 saturated carbocycles. The maximum atomic E-state index is 11.6. The molecule has 1 aliphatic heterocycles. The van der Waals surface area contributed by atoms with E-state index < -0.39 is 0 Å². The molecule has 1 heterocycles. The van der Waals surface area contributed by atoms with E-state index in [1.165, 1.54) is 13.3 Å². The molecule has 0 aliphatic carbocycles. The standard InChI is InChI=1S/C11H15NO3/c1-4-12-6-5-9(10(12)13)7-8(2)11(14)15-3/h4,7,9H,1,5-6H2,2-3H3/b8-7+. The zero-order valence-corrected chi connectivity index (χ0v) is 9.03. The van der Waals surface area contributed by atoms with Crippen molar-refractivity contribution >= 4 is 11.9 Å². The highest BCUT2D eigenvalue weighted by molar-refractivity contribution is 5.90. The van der Waals surface area contributed by atoms with Crippen LogP contribution in [0, 0.1) is 5.92 Å². The van der Waals surface area contributed by atoms with Crippen molar-refractivity contribution in [3.63, 3.8) is 0 Å². The number of hydrogen-bond donors (Lipinski definition) is 0. The number of carbonyl (C=O) groups is 2. The molecule has 0 aromatic rings. The quantitative estimate of drug-likeness (QED) is 0.516. The van der Waals surface area contributed by atoms with Crippen molar-refractivity contribution in [3.8, 4) is 0 Å². The molecule has 4 heteroatoms. The number of hydrogen-bond acceptors (Lipinski definition) is 3. The van der Waals surface area contributed by atoms with Gasteiger partial charge in [-0.3, -0.25) is 4.79 Å². The van der Waals surface area contributed by atoms with E-state index in [9.17, 15) is 9.59 Å². The molecule has 4 nitrogen and oxygen atoms in total. The number of nitrogens with zero attached hydrogens (tertiary/aromatic N) is 1. The number of esters is 1. The number of ether oxygens (including phenoxy) is 1. The van der Waals surface area contributed by atoms with Gasteiger partial charge in [0.05, 0.1) is 13.0 Å². The number of methoxy groups -OCH3 is 1. The third-order valence-corrected chi connectivity index (χ3v) is 2.46. The van der Waals surface area contributed by atoms with Crippen molar-refractivity contribution in [2.24, 2.45) is 5.92 Å². The lowest BCUT2D eigenvalue weighted by Gasteiger charge is -2.08. The fourth-order valence-corrected chi connectivity index (χ4v) is 1.59. The molecule has 82 valence electrons. The normalized spacial score (nSPS) is 21.7. The summed E-state index contributed by atoms with van der Waals surface area (Å²) in [6.45, 7) is 5.86. The first-order valence-electron chi connectivity index (χ1n) is 4.80. The van der Waals surface area contributed by atoms with Crippen LogP contribution in [0.25, 0.3) is 0 Å². The molecule has 1 atom stereocenters. The highest BCUT2D eigenvalue weighted by Crippen LogP contribution is 2.20. The fourth-order valence-electron chi connectivity index (χ4n) is 1.59. The zero-order valence-electron chi connectivity index (χ0n) is 9.03. The Kier molecular flexibility index (Phi) is 3.66. The Morgan fingerprint density at radius 2 is 2.33 bits per heavy atom. The second-order valence-electron chi connectivity index (χ2n) is 3.45. The lowest BCUT2D eigenvalue weighted by molar-refractivity contribution is -0.136. The third-order valence-electron chi connectivity index (χ3n) is 2.46. The minimum Gasteiger partial charge on any atom is -0.466 e. The fraction of sp³-hybridized carbons (Fsp3) is 0.455. The first kappa shape index (κ1) is 11.5. The predicted octanol–water partition coefficient (Wildman–Crippen LogP) is 1.10. The van der Waals surface area contributed by atoms with Crippen LogP contribution in [0.1, 0.15) is 13.3 Å². The summed E-state index contributed by atoms with van der Waals surface area (Å²) < 4.78 is 4.56. The number of rotatable bonds is 3. The molecule has 0 N–H and O–H groups in total. The molecule has 0 radical (unpaired) electrons. The first-order valence-corrected chi connectivity index (χ1v) is 4.80.